The molecule has 0 aromatic heterocycles. The molecule has 9 aliphatic heterocycles. The van der Waals surface area contributed by atoms with E-state index in [2.05, 4.69) is 6.58 Å². The third-order valence-electron chi connectivity index (χ3n) is 27.8. The molecule has 9 saturated heterocycles. The van der Waals surface area contributed by atoms with Crippen molar-refractivity contribution >= 4 is 5.97 Å². The normalized spacial score (nSPS) is 54.7. The highest BCUT2D eigenvalue weighted by atomic mass is 16.8. The number of rotatable bonds is 27. The number of esters is 1. The van der Waals surface area contributed by atoms with Gasteiger partial charge in [-0.25, -0.2) is 0 Å². The van der Waals surface area contributed by atoms with Gasteiger partial charge in [0.25, 0.3) is 0 Å². The zero-order valence-corrected chi connectivity index (χ0v) is 66.6. The highest BCUT2D eigenvalue weighted by Crippen LogP contribution is 2.74. The topological polar surface area (TPSA) is 790 Å². The van der Waals surface area contributed by atoms with Gasteiger partial charge in [-0.05, 0) is 74.7 Å². The molecule has 4 saturated carbocycles. The molecular weight excluding hydrogens is 1670 g/mol. The number of aliphatic hydroxyl groups is 30. The minimum absolute atomic E-state index is 0.0191. The fourth-order valence-corrected chi connectivity index (χ4v) is 20.8. The zero-order valence-electron chi connectivity index (χ0n) is 66.6. The van der Waals surface area contributed by atoms with Crippen molar-refractivity contribution < 1.29 is 243 Å². The van der Waals surface area contributed by atoms with Crippen molar-refractivity contribution in [3.8, 4) is 0 Å². The summed E-state index contributed by atoms with van der Waals surface area (Å²) < 4.78 is 110. The first kappa shape index (κ1) is 97.8. The second-order valence-electron chi connectivity index (χ2n) is 34.9. The van der Waals surface area contributed by atoms with Gasteiger partial charge in [-0.2, -0.15) is 0 Å². The Labute approximate surface area is 700 Å². The van der Waals surface area contributed by atoms with Crippen molar-refractivity contribution in [2.75, 3.05) is 59.5 Å². The fraction of sp³-hybridized carbons (Fsp3) is 0.959. The van der Waals surface area contributed by atoms with E-state index in [0.29, 0.717) is 6.42 Å². The van der Waals surface area contributed by atoms with Gasteiger partial charge in [0.05, 0.1) is 76.6 Å². The van der Waals surface area contributed by atoms with E-state index in [1.165, 1.54) is 0 Å². The van der Waals surface area contributed by atoms with Crippen LogP contribution in [0.15, 0.2) is 12.2 Å². The Kier molecular flexibility index (Phi) is 31.2. The lowest BCUT2D eigenvalue weighted by Crippen LogP contribution is -2.69. The molecule has 46 unspecified atom stereocenters. The van der Waals surface area contributed by atoms with Crippen LogP contribution >= 0.6 is 0 Å². The van der Waals surface area contributed by atoms with Crippen LogP contribution in [0.4, 0.5) is 0 Å². The predicted molar refractivity (Wildman–Crippen MR) is 384 cm³/mol. The van der Waals surface area contributed by atoms with E-state index in [0.717, 1.165) is 0 Å². The molecule has 13 aliphatic rings. The lowest BCUT2D eigenvalue weighted by atomic mass is 9.40. The van der Waals surface area contributed by atoms with Crippen molar-refractivity contribution in [2.45, 2.75) is 353 Å². The Balaban J connectivity index is 0.834. The van der Waals surface area contributed by atoms with Crippen LogP contribution in [0.1, 0.15) is 65.2 Å². The molecule has 0 aromatic rings. The van der Waals surface area contributed by atoms with Gasteiger partial charge >= 0.3 is 5.97 Å². The summed E-state index contributed by atoms with van der Waals surface area (Å²) in [5.74, 6) is -2.35. The molecule has 49 heteroatoms. The van der Waals surface area contributed by atoms with Gasteiger partial charge in [-0.3, -0.25) is 4.79 Å². The number of aliphatic hydroxyl groups excluding tert-OH is 30. The molecule has 13 rings (SSSR count). The van der Waals surface area contributed by atoms with Gasteiger partial charge in [0, 0.05) is 5.41 Å². The molecule has 710 valence electrons. The largest absolute Gasteiger partial charge is 0.432 e. The summed E-state index contributed by atoms with van der Waals surface area (Å²) in [6.45, 7) is -1.46. The van der Waals surface area contributed by atoms with Gasteiger partial charge in [0.15, 0.2) is 56.4 Å². The van der Waals surface area contributed by atoms with Gasteiger partial charge in [-0.15, -0.1) is 0 Å². The molecule has 0 radical (unpaired) electrons. The van der Waals surface area contributed by atoms with Gasteiger partial charge in [-0.1, -0.05) is 19.9 Å². The summed E-state index contributed by atoms with van der Waals surface area (Å²) in [5.41, 5.74) is -5.77. The molecule has 0 amide bonds. The molecule has 13 fully saturated rings. The maximum atomic E-state index is 15.7. The molecule has 52 atom stereocenters. The smallest absolute Gasteiger partial charge is 0.314 e. The number of carbonyl (C=O) groups is 1. The summed E-state index contributed by atoms with van der Waals surface area (Å²) >= 11 is 0. The molecular formula is C74H120O49. The van der Waals surface area contributed by atoms with Crippen LogP contribution in [0.3, 0.4) is 0 Å². The Morgan fingerprint density at radius 1 is 0.325 bits per heavy atom. The Morgan fingerprint density at radius 3 is 0.959 bits per heavy atom. The van der Waals surface area contributed by atoms with Gasteiger partial charge in [0.1, 0.15) is 214 Å². The molecule has 49 nitrogen and oxygen atoms in total. The van der Waals surface area contributed by atoms with E-state index < -0.39 is 382 Å². The van der Waals surface area contributed by atoms with Crippen LogP contribution in [0.5, 0.6) is 0 Å². The molecule has 123 heavy (non-hydrogen) atoms. The predicted octanol–water partition coefficient (Wildman–Crippen LogP) is -17.0. The van der Waals surface area contributed by atoms with Crippen LogP contribution in [-0.2, 0) is 90.1 Å². The van der Waals surface area contributed by atoms with E-state index >= 15 is 4.79 Å². The number of carbonyl (C=O) groups excluding carboxylic acids is 1. The number of hydrogen-bond acceptors (Lipinski definition) is 49. The SMILES string of the molecule is C=C1[C@H](O)[C@@]23CC[C@H]4[C@@](C)(CCC[C@@]4(C)C(=O)OC4OC(CO)C(O)C(OC5OC(CO)C(O)C(O)C5O)C4OC4OC(CO)C(O)C(O)C4O)[C@@H]2CCC1(OC1OC(COC2OC(CO)C(O)C(OC4OC(CO)C(O)C(O)C4O)C2OC2OC(CO)C(O)C(O)C2O)C(O)C(OC2OC(CO)C(O)C(O)C2O)C1OC1OC(CO)C(O)C(O)C1O)C3. The minimum atomic E-state index is -2.38. The minimum Gasteiger partial charge on any atom is -0.432 e. The molecule has 1 spiro atoms. The van der Waals surface area contributed by atoms with Crippen LogP contribution < -0.4 is 0 Å². The third kappa shape index (κ3) is 17.9. The summed E-state index contributed by atoms with van der Waals surface area (Å²) in [6, 6.07) is 0. The summed E-state index contributed by atoms with van der Waals surface area (Å²) in [7, 11) is 0. The summed E-state index contributed by atoms with van der Waals surface area (Å²) in [5, 5.41) is 332. The lowest BCUT2D eigenvalue weighted by Gasteiger charge is -2.64. The van der Waals surface area contributed by atoms with E-state index in [9.17, 15) is 153 Å². The quantitative estimate of drug-likeness (QED) is 0.0206. The zero-order chi connectivity index (χ0) is 89.6. The summed E-state index contributed by atoms with van der Waals surface area (Å²) in [6.07, 6.45) is -94.1. The van der Waals surface area contributed by atoms with Crippen molar-refractivity contribution in [1.29, 1.82) is 0 Å². The van der Waals surface area contributed by atoms with E-state index in [4.69, 9.17) is 85.3 Å². The maximum absolute atomic E-state index is 15.7. The molecule has 2 bridgehead atoms. The average Bonchev–Trinajstić information content (AvgIpc) is 1.52. The van der Waals surface area contributed by atoms with Crippen LogP contribution in [-0.4, -0.2) is 507 Å². The van der Waals surface area contributed by atoms with Crippen molar-refractivity contribution in [2.24, 2.45) is 28.1 Å². The number of hydrogen-bond donors (Lipinski definition) is 30. The van der Waals surface area contributed by atoms with Crippen LogP contribution in [0.25, 0.3) is 0 Å². The molecule has 30 N–H and O–H groups in total. The van der Waals surface area contributed by atoms with Crippen molar-refractivity contribution in [3.05, 3.63) is 12.2 Å². The van der Waals surface area contributed by atoms with E-state index in [-0.39, 0.29) is 50.5 Å². The fourth-order valence-electron chi connectivity index (χ4n) is 20.8. The molecule has 0 aromatic carbocycles. The second-order valence-corrected chi connectivity index (χ2v) is 34.9. The molecule has 4 aliphatic carbocycles. The Morgan fingerprint density at radius 2 is 0.610 bits per heavy atom. The number of ether oxygens (including phenoxy) is 18. The lowest BCUT2D eigenvalue weighted by molar-refractivity contribution is -0.408. The first-order valence-electron chi connectivity index (χ1n) is 41.1. The van der Waals surface area contributed by atoms with E-state index in [1.807, 2.05) is 6.92 Å². The third-order valence-corrected chi connectivity index (χ3v) is 27.8. The standard InChI is InChI=1S/C74H120O49/c1-21-60(104)73-9-5-31-71(2,7-4-8-72(31,3)70(105)122-68-58(120-65-52(102)46(96)37(87)26(15-79)111-65)55(40(90)29(18-82)114-68)117-62-49(99)43(93)34(84)23(12-76)108-62)32(73)6-10-74(21,20-73)123-69-59(121-66-53(103)47(97)38(88)27(16-80)112-66)56(118-63-50(100)44(94)35(85)24(13-77)109-63)41(91)30(115-69)19-106-67-57(119-64-51(101)45(95)36(86)25(14-78)110-64)54(39(89)28(17-81)113-67)116-61-48(98)42(92)33(83)22(11-75)107-61/h22-69,75-104H,1,4-20H2,2-3H3/t22?,23?,24?,25?,26?,27?,28?,29?,30?,31-,32-,33?,34?,35?,36?,37?,38?,39?,40?,41?,42?,43?,44?,45?,46?,47?,48?,49?,50?,51?,52?,53?,54?,55?,56?,57?,58?,59?,60-,61?,62?,63?,64?,65?,66?,67?,68?,69?,71+,72+,73+,74?/m0/s1. The first-order chi connectivity index (χ1) is 58.2. The Hall–Kier alpha value is -2.67. The van der Waals surface area contributed by atoms with E-state index in [1.54, 1.807) is 6.92 Å². The molecule has 9 heterocycles. The summed E-state index contributed by atoms with van der Waals surface area (Å²) in [4.78, 5) is 15.7. The van der Waals surface area contributed by atoms with Gasteiger partial charge < -0.3 is 238 Å². The van der Waals surface area contributed by atoms with Gasteiger partial charge in [0.2, 0.25) is 6.29 Å². The van der Waals surface area contributed by atoms with Crippen molar-refractivity contribution in [1.82, 2.24) is 0 Å². The van der Waals surface area contributed by atoms with Crippen LogP contribution in [0.2, 0.25) is 0 Å². The maximum Gasteiger partial charge on any atom is 0.314 e. The number of fused-ring (bicyclic) bond motifs is 3. The first-order valence-corrected chi connectivity index (χ1v) is 41.1. The van der Waals surface area contributed by atoms with Crippen molar-refractivity contribution in [3.63, 3.8) is 0 Å². The highest BCUT2D eigenvalue weighted by Gasteiger charge is 2.73. The average molecular weight is 1790 g/mol. The monoisotopic (exact) mass is 1790 g/mol. The Bertz CT molecular complexity index is 3430. The second kappa shape index (κ2) is 39.2. The van der Waals surface area contributed by atoms with Crippen LogP contribution in [0, 0.1) is 28.1 Å². The highest BCUT2D eigenvalue weighted by molar-refractivity contribution is 5.77.